The van der Waals surface area contributed by atoms with Crippen molar-refractivity contribution in [2.75, 3.05) is 26.2 Å². The van der Waals surface area contributed by atoms with Gasteiger partial charge in [0.1, 0.15) is 6.54 Å². The zero-order valence-electron chi connectivity index (χ0n) is 11.0. The maximum absolute atomic E-state index is 12.3. The van der Waals surface area contributed by atoms with Crippen molar-refractivity contribution in [2.24, 2.45) is 11.7 Å². The predicted molar refractivity (Wildman–Crippen MR) is 64.5 cm³/mol. The first kappa shape index (κ1) is 15.1. The van der Waals surface area contributed by atoms with Gasteiger partial charge in [-0.05, 0) is 12.8 Å². The van der Waals surface area contributed by atoms with Crippen LogP contribution in [0.25, 0.3) is 0 Å². The molecule has 2 rings (SSSR count). The van der Waals surface area contributed by atoms with Gasteiger partial charge in [0.25, 0.3) is 0 Å². The molecule has 0 bridgehead atoms. The highest BCUT2D eigenvalue weighted by atomic mass is 19.4. The topological polar surface area (TPSA) is 66.6 Å². The Kier molecular flexibility index (Phi) is 4.22. The number of likely N-dealkylation sites (tertiary alicyclic amines) is 2. The molecule has 2 aliphatic rings. The number of hydrogen-bond acceptors (Lipinski definition) is 3. The number of hydrogen-bond donors (Lipinski definition) is 1. The van der Waals surface area contributed by atoms with Crippen LogP contribution < -0.4 is 5.73 Å². The van der Waals surface area contributed by atoms with Gasteiger partial charge in [-0.3, -0.25) is 9.59 Å². The second-order valence-electron chi connectivity index (χ2n) is 5.48. The summed E-state index contributed by atoms with van der Waals surface area (Å²) < 4.78 is 36.9. The van der Waals surface area contributed by atoms with Crippen molar-refractivity contribution in [2.45, 2.75) is 31.5 Å². The molecule has 20 heavy (non-hydrogen) atoms. The Bertz CT molecular complexity index is 400. The van der Waals surface area contributed by atoms with Crippen LogP contribution in [0.2, 0.25) is 0 Å². The molecule has 2 N–H and O–H groups in total. The Morgan fingerprint density at radius 1 is 1.35 bits per heavy atom. The molecule has 2 amide bonds. The van der Waals surface area contributed by atoms with Crippen LogP contribution >= 0.6 is 0 Å². The fourth-order valence-corrected chi connectivity index (χ4v) is 2.78. The lowest BCUT2D eigenvalue weighted by atomic mass is 10.0. The predicted octanol–water partition coefficient (Wildman–Crippen LogP) is 0.347. The van der Waals surface area contributed by atoms with Crippen LogP contribution in [0.4, 0.5) is 13.2 Å². The third-order valence-corrected chi connectivity index (χ3v) is 3.70. The maximum Gasteiger partial charge on any atom is 0.406 e. The highest BCUT2D eigenvalue weighted by Crippen LogP contribution is 2.25. The summed E-state index contributed by atoms with van der Waals surface area (Å²) in [6.07, 6.45) is -2.94. The Hall–Kier alpha value is -1.31. The Balaban J connectivity index is 1.94. The number of piperidine rings is 1. The summed E-state index contributed by atoms with van der Waals surface area (Å²) in [5.74, 6) is -1.53. The van der Waals surface area contributed by atoms with Crippen LogP contribution in [-0.2, 0) is 9.59 Å². The van der Waals surface area contributed by atoms with E-state index >= 15 is 0 Å². The van der Waals surface area contributed by atoms with E-state index in [9.17, 15) is 22.8 Å². The standard InChI is InChI=1S/C12H18F3N3O2/c13-12(14,15)7-18-5-8(4-10(18)19)11(20)17-3-1-2-9(16)6-17/h8-9H,1-7,16H2/t8-,9-/m1/s1. The van der Waals surface area contributed by atoms with Crippen LogP contribution in [0.3, 0.4) is 0 Å². The molecule has 8 heteroatoms. The minimum Gasteiger partial charge on any atom is -0.341 e. The number of rotatable bonds is 2. The van der Waals surface area contributed by atoms with Crippen molar-refractivity contribution in [3.8, 4) is 0 Å². The van der Waals surface area contributed by atoms with Crippen molar-refractivity contribution >= 4 is 11.8 Å². The smallest absolute Gasteiger partial charge is 0.341 e. The molecule has 0 aromatic carbocycles. The molecular weight excluding hydrogens is 275 g/mol. The van der Waals surface area contributed by atoms with Gasteiger partial charge in [0.05, 0.1) is 5.92 Å². The third kappa shape index (κ3) is 3.62. The lowest BCUT2D eigenvalue weighted by Gasteiger charge is -2.32. The number of carbonyl (C=O) groups is 2. The second-order valence-corrected chi connectivity index (χ2v) is 5.48. The average molecular weight is 293 g/mol. The molecule has 2 heterocycles. The molecular formula is C12H18F3N3O2. The zero-order chi connectivity index (χ0) is 14.9. The van der Waals surface area contributed by atoms with Crippen LogP contribution in [0.5, 0.6) is 0 Å². The molecule has 2 saturated heterocycles. The molecule has 5 nitrogen and oxygen atoms in total. The highest BCUT2D eigenvalue weighted by Gasteiger charge is 2.42. The van der Waals surface area contributed by atoms with Gasteiger partial charge in [-0.2, -0.15) is 13.2 Å². The van der Waals surface area contributed by atoms with Gasteiger partial charge in [-0.15, -0.1) is 0 Å². The Morgan fingerprint density at radius 3 is 2.65 bits per heavy atom. The first-order chi connectivity index (χ1) is 9.26. The van der Waals surface area contributed by atoms with E-state index in [1.54, 1.807) is 4.90 Å². The summed E-state index contributed by atoms with van der Waals surface area (Å²) in [6, 6.07) is -0.0870. The number of alkyl halides is 3. The quantitative estimate of drug-likeness (QED) is 0.799. The van der Waals surface area contributed by atoms with Gasteiger partial charge in [0, 0.05) is 32.1 Å². The first-order valence-electron chi connectivity index (χ1n) is 6.65. The van der Waals surface area contributed by atoms with Gasteiger partial charge in [-0.25, -0.2) is 0 Å². The van der Waals surface area contributed by atoms with Gasteiger partial charge >= 0.3 is 6.18 Å². The average Bonchev–Trinajstić information content (AvgIpc) is 2.68. The molecule has 2 aliphatic heterocycles. The molecule has 114 valence electrons. The van der Waals surface area contributed by atoms with Crippen molar-refractivity contribution in [1.29, 1.82) is 0 Å². The fourth-order valence-electron chi connectivity index (χ4n) is 2.78. The van der Waals surface area contributed by atoms with Crippen molar-refractivity contribution in [3.05, 3.63) is 0 Å². The molecule has 0 aromatic rings. The fraction of sp³-hybridized carbons (Fsp3) is 0.833. The van der Waals surface area contributed by atoms with Gasteiger partial charge in [0.15, 0.2) is 0 Å². The lowest BCUT2D eigenvalue weighted by Crippen LogP contribution is -2.48. The maximum atomic E-state index is 12.3. The van der Waals surface area contributed by atoms with E-state index < -0.39 is 24.5 Å². The van der Waals surface area contributed by atoms with Crippen LogP contribution in [0.1, 0.15) is 19.3 Å². The number of nitrogens with zero attached hydrogens (tertiary/aromatic N) is 2. The minimum atomic E-state index is -4.43. The molecule has 0 radical (unpaired) electrons. The summed E-state index contributed by atoms with van der Waals surface area (Å²) in [5.41, 5.74) is 5.78. The summed E-state index contributed by atoms with van der Waals surface area (Å²) in [6.45, 7) is -0.447. The first-order valence-corrected chi connectivity index (χ1v) is 6.65. The van der Waals surface area contributed by atoms with E-state index in [0.717, 1.165) is 12.8 Å². The summed E-state index contributed by atoms with van der Waals surface area (Å²) in [5, 5.41) is 0. The highest BCUT2D eigenvalue weighted by molar-refractivity contribution is 5.89. The van der Waals surface area contributed by atoms with E-state index in [1.165, 1.54) is 0 Å². The van der Waals surface area contributed by atoms with Crippen molar-refractivity contribution in [3.63, 3.8) is 0 Å². The molecule has 2 fully saturated rings. The van der Waals surface area contributed by atoms with Crippen LogP contribution in [0.15, 0.2) is 0 Å². The second kappa shape index (κ2) is 5.59. The SMILES string of the molecule is N[C@@H]1CCCN(C(=O)[C@@H]2CC(=O)N(CC(F)(F)F)C2)C1. The van der Waals surface area contributed by atoms with Crippen molar-refractivity contribution in [1.82, 2.24) is 9.80 Å². The normalized spacial score (nSPS) is 28.1. The zero-order valence-corrected chi connectivity index (χ0v) is 11.0. The number of amides is 2. The molecule has 0 aliphatic carbocycles. The van der Waals surface area contributed by atoms with E-state index in [1.807, 2.05) is 0 Å². The summed E-state index contributed by atoms with van der Waals surface area (Å²) in [7, 11) is 0. The third-order valence-electron chi connectivity index (χ3n) is 3.70. The van der Waals surface area contributed by atoms with Crippen LogP contribution in [0, 0.1) is 5.92 Å². The van der Waals surface area contributed by atoms with E-state index in [0.29, 0.717) is 18.0 Å². The number of carbonyl (C=O) groups excluding carboxylic acids is 2. The van der Waals surface area contributed by atoms with Crippen molar-refractivity contribution < 1.29 is 22.8 Å². The van der Waals surface area contributed by atoms with E-state index in [-0.39, 0.29) is 24.9 Å². The Labute approximate surface area is 114 Å². The monoisotopic (exact) mass is 293 g/mol. The lowest BCUT2D eigenvalue weighted by molar-refractivity contribution is -0.157. The van der Waals surface area contributed by atoms with E-state index in [2.05, 4.69) is 0 Å². The van der Waals surface area contributed by atoms with Gasteiger partial charge in [0.2, 0.25) is 11.8 Å². The number of nitrogens with two attached hydrogens (primary N) is 1. The summed E-state index contributed by atoms with van der Waals surface area (Å²) >= 11 is 0. The number of halogens is 3. The van der Waals surface area contributed by atoms with Gasteiger partial charge < -0.3 is 15.5 Å². The largest absolute Gasteiger partial charge is 0.406 e. The molecule has 0 unspecified atom stereocenters. The molecule has 2 atom stereocenters. The minimum absolute atomic E-state index is 0.0870. The Morgan fingerprint density at radius 2 is 2.05 bits per heavy atom. The van der Waals surface area contributed by atoms with Gasteiger partial charge in [-0.1, -0.05) is 0 Å². The molecule has 0 spiro atoms. The molecule has 0 saturated carbocycles. The molecule has 0 aromatic heterocycles. The van der Waals surface area contributed by atoms with E-state index in [4.69, 9.17) is 5.73 Å². The van der Waals surface area contributed by atoms with Crippen LogP contribution in [-0.4, -0.2) is 60.0 Å². The summed E-state index contributed by atoms with van der Waals surface area (Å²) in [4.78, 5) is 26.0.